The SMILES string of the molecule is O=C(O)[C@@H]1CCc2nnn(C3CCCC3)c2C1. The van der Waals surface area contributed by atoms with Crippen LogP contribution in [-0.4, -0.2) is 26.1 Å². The molecule has 5 heteroatoms. The Balaban J connectivity index is 1.88. The molecule has 0 aromatic carbocycles. The lowest BCUT2D eigenvalue weighted by atomic mass is 9.89. The minimum absolute atomic E-state index is 0.249. The number of fused-ring (bicyclic) bond motifs is 1. The first-order chi connectivity index (χ1) is 8.25. The molecule has 1 N–H and O–H groups in total. The summed E-state index contributed by atoms with van der Waals surface area (Å²) in [5.74, 6) is -0.934. The Labute approximate surface area is 99.8 Å². The van der Waals surface area contributed by atoms with Gasteiger partial charge in [-0.1, -0.05) is 18.1 Å². The van der Waals surface area contributed by atoms with Crippen LogP contribution in [0.3, 0.4) is 0 Å². The summed E-state index contributed by atoms with van der Waals surface area (Å²) in [5.41, 5.74) is 2.10. The van der Waals surface area contributed by atoms with E-state index in [1.165, 1.54) is 12.8 Å². The van der Waals surface area contributed by atoms with E-state index in [4.69, 9.17) is 5.11 Å². The van der Waals surface area contributed by atoms with Crippen molar-refractivity contribution in [3.8, 4) is 0 Å². The monoisotopic (exact) mass is 235 g/mol. The van der Waals surface area contributed by atoms with Crippen molar-refractivity contribution < 1.29 is 9.90 Å². The van der Waals surface area contributed by atoms with Crippen LogP contribution in [0.25, 0.3) is 0 Å². The molecule has 1 fully saturated rings. The smallest absolute Gasteiger partial charge is 0.306 e. The number of carboxylic acids is 1. The standard InChI is InChI=1S/C12H17N3O2/c16-12(17)8-5-6-10-11(7-8)15(14-13-10)9-3-1-2-4-9/h8-9H,1-7H2,(H,16,17)/t8-/m1/s1. The molecule has 1 aromatic rings. The first-order valence-electron chi connectivity index (χ1n) is 6.41. The zero-order valence-electron chi connectivity index (χ0n) is 9.80. The van der Waals surface area contributed by atoms with Crippen LogP contribution in [0, 0.1) is 5.92 Å². The van der Waals surface area contributed by atoms with E-state index in [2.05, 4.69) is 10.3 Å². The van der Waals surface area contributed by atoms with Gasteiger partial charge in [-0.15, -0.1) is 5.10 Å². The molecular weight excluding hydrogens is 218 g/mol. The first kappa shape index (κ1) is 10.7. The maximum Gasteiger partial charge on any atom is 0.306 e. The molecule has 0 saturated heterocycles. The average Bonchev–Trinajstić information content (AvgIpc) is 2.96. The fraction of sp³-hybridized carbons (Fsp3) is 0.750. The van der Waals surface area contributed by atoms with Crippen molar-refractivity contribution in [3.63, 3.8) is 0 Å². The van der Waals surface area contributed by atoms with E-state index in [9.17, 15) is 4.79 Å². The lowest BCUT2D eigenvalue weighted by molar-refractivity contribution is -0.142. The van der Waals surface area contributed by atoms with Gasteiger partial charge in [0, 0.05) is 6.42 Å². The fourth-order valence-corrected chi connectivity index (χ4v) is 3.05. The molecule has 0 bridgehead atoms. The molecule has 0 radical (unpaired) electrons. The van der Waals surface area contributed by atoms with Gasteiger partial charge in [0.25, 0.3) is 0 Å². The van der Waals surface area contributed by atoms with E-state index in [1.54, 1.807) is 0 Å². The molecule has 5 nitrogen and oxygen atoms in total. The Morgan fingerprint density at radius 1 is 1.29 bits per heavy atom. The van der Waals surface area contributed by atoms with Gasteiger partial charge in [0.2, 0.25) is 0 Å². The second kappa shape index (κ2) is 4.13. The molecule has 92 valence electrons. The summed E-state index contributed by atoms with van der Waals surface area (Å²) < 4.78 is 2.01. The molecule has 0 amide bonds. The van der Waals surface area contributed by atoms with Gasteiger partial charge in [-0.3, -0.25) is 4.79 Å². The molecule has 2 aliphatic carbocycles. The van der Waals surface area contributed by atoms with Gasteiger partial charge in [-0.05, 0) is 25.7 Å². The predicted molar refractivity (Wildman–Crippen MR) is 60.7 cm³/mol. The molecule has 17 heavy (non-hydrogen) atoms. The largest absolute Gasteiger partial charge is 0.481 e. The Bertz CT molecular complexity index is 435. The summed E-state index contributed by atoms with van der Waals surface area (Å²) in [4.78, 5) is 11.1. The minimum Gasteiger partial charge on any atom is -0.481 e. The lowest BCUT2D eigenvalue weighted by Crippen LogP contribution is -2.24. The normalized spacial score (nSPS) is 24.8. The number of carbonyl (C=O) groups is 1. The van der Waals surface area contributed by atoms with Gasteiger partial charge in [0.05, 0.1) is 23.3 Å². The van der Waals surface area contributed by atoms with Crippen LogP contribution in [0.4, 0.5) is 0 Å². The van der Waals surface area contributed by atoms with Gasteiger partial charge in [0.1, 0.15) is 0 Å². The highest BCUT2D eigenvalue weighted by Gasteiger charge is 2.31. The third-order valence-electron chi connectivity index (χ3n) is 4.06. The molecular formula is C12H17N3O2. The number of aliphatic carboxylic acids is 1. The van der Waals surface area contributed by atoms with E-state index in [0.717, 1.165) is 30.7 Å². The zero-order valence-corrected chi connectivity index (χ0v) is 9.80. The number of hydrogen-bond acceptors (Lipinski definition) is 3. The van der Waals surface area contributed by atoms with Crippen LogP contribution in [0.2, 0.25) is 0 Å². The highest BCUT2D eigenvalue weighted by Crippen LogP contribution is 2.33. The Kier molecular flexibility index (Phi) is 2.61. The molecule has 0 aliphatic heterocycles. The molecule has 1 saturated carbocycles. The maximum absolute atomic E-state index is 11.1. The molecule has 1 aromatic heterocycles. The van der Waals surface area contributed by atoms with E-state index >= 15 is 0 Å². The van der Waals surface area contributed by atoms with Crippen molar-refractivity contribution in [2.45, 2.75) is 51.0 Å². The van der Waals surface area contributed by atoms with Crippen molar-refractivity contribution in [1.82, 2.24) is 15.0 Å². The average molecular weight is 235 g/mol. The van der Waals surface area contributed by atoms with Crippen molar-refractivity contribution in [2.75, 3.05) is 0 Å². The topological polar surface area (TPSA) is 68.0 Å². The molecule has 0 spiro atoms. The fourth-order valence-electron chi connectivity index (χ4n) is 3.05. The summed E-state index contributed by atoms with van der Waals surface area (Å²) in [6, 6.07) is 0.457. The number of aryl methyl sites for hydroxylation is 1. The van der Waals surface area contributed by atoms with Gasteiger partial charge < -0.3 is 5.11 Å². The second-order valence-corrected chi connectivity index (χ2v) is 5.14. The van der Waals surface area contributed by atoms with Crippen LogP contribution in [0.5, 0.6) is 0 Å². The van der Waals surface area contributed by atoms with E-state index in [1.807, 2.05) is 4.68 Å². The van der Waals surface area contributed by atoms with Gasteiger partial charge in [-0.2, -0.15) is 0 Å². The van der Waals surface area contributed by atoms with Crippen LogP contribution in [0.1, 0.15) is 49.5 Å². The maximum atomic E-state index is 11.1. The first-order valence-corrected chi connectivity index (χ1v) is 6.41. The van der Waals surface area contributed by atoms with E-state index in [0.29, 0.717) is 18.9 Å². The number of carboxylic acid groups (broad SMARTS) is 1. The molecule has 1 atom stereocenters. The van der Waals surface area contributed by atoms with Crippen molar-refractivity contribution in [2.24, 2.45) is 5.92 Å². The number of nitrogens with zero attached hydrogens (tertiary/aromatic N) is 3. The van der Waals surface area contributed by atoms with Crippen LogP contribution < -0.4 is 0 Å². The van der Waals surface area contributed by atoms with Crippen molar-refractivity contribution in [1.29, 1.82) is 0 Å². The molecule has 3 rings (SSSR count). The Hall–Kier alpha value is -1.39. The van der Waals surface area contributed by atoms with Crippen LogP contribution in [0.15, 0.2) is 0 Å². The van der Waals surface area contributed by atoms with Crippen LogP contribution in [-0.2, 0) is 17.6 Å². The summed E-state index contributed by atoms with van der Waals surface area (Å²) >= 11 is 0. The molecule has 0 unspecified atom stereocenters. The Morgan fingerprint density at radius 2 is 2.06 bits per heavy atom. The third-order valence-corrected chi connectivity index (χ3v) is 4.06. The number of rotatable bonds is 2. The third kappa shape index (κ3) is 1.83. The summed E-state index contributed by atoms with van der Waals surface area (Å²) in [5, 5.41) is 17.6. The summed E-state index contributed by atoms with van der Waals surface area (Å²) in [7, 11) is 0. The van der Waals surface area contributed by atoms with Gasteiger partial charge in [0.15, 0.2) is 0 Å². The lowest BCUT2D eigenvalue weighted by Gasteiger charge is -2.20. The van der Waals surface area contributed by atoms with E-state index < -0.39 is 5.97 Å². The summed E-state index contributed by atoms with van der Waals surface area (Å²) in [6.45, 7) is 0. The molecule has 2 aliphatic rings. The quantitative estimate of drug-likeness (QED) is 0.845. The predicted octanol–water partition coefficient (Wildman–Crippen LogP) is 1.58. The second-order valence-electron chi connectivity index (χ2n) is 5.14. The highest BCUT2D eigenvalue weighted by molar-refractivity contribution is 5.70. The number of aromatic nitrogens is 3. The summed E-state index contributed by atoms with van der Waals surface area (Å²) in [6.07, 6.45) is 6.89. The highest BCUT2D eigenvalue weighted by atomic mass is 16.4. The van der Waals surface area contributed by atoms with E-state index in [-0.39, 0.29) is 5.92 Å². The molecule has 1 heterocycles. The van der Waals surface area contributed by atoms with Crippen LogP contribution >= 0.6 is 0 Å². The number of hydrogen-bond donors (Lipinski definition) is 1. The van der Waals surface area contributed by atoms with Crippen molar-refractivity contribution in [3.05, 3.63) is 11.4 Å². The van der Waals surface area contributed by atoms with Crippen molar-refractivity contribution >= 4 is 5.97 Å². The Morgan fingerprint density at radius 3 is 2.76 bits per heavy atom. The minimum atomic E-state index is -0.685. The van der Waals surface area contributed by atoms with Gasteiger partial charge >= 0.3 is 5.97 Å². The van der Waals surface area contributed by atoms with Gasteiger partial charge in [-0.25, -0.2) is 4.68 Å². The zero-order chi connectivity index (χ0) is 11.8.